The van der Waals surface area contributed by atoms with E-state index in [4.69, 9.17) is 23.2 Å². The Labute approximate surface area is 119 Å². The lowest BCUT2D eigenvalue weighted by Crippen LogP contribution is -2.18. The number of alkyl halides is 1. The number of hydrogen-bond donors (Lipinski definition) is 0. The molecule has 3 nitrogen and oxygen atoms in total. The Bertz CT molecular complexity index is 569. The molecule has 0 bridgehead atoms. The zero-order valence-electron chi connectivity index (χ0n) is 9.60. The predicted octanol–water partition coefficient (Wildman–Crippen LogP) is 3.06. The van der Waals surface area contributed by atoms with Gasteiger partial charge in [-0.25, -0.2) is 0 Å². The zero-order chi connectivity index (χ0) is 13.0. The van der Waals surface area contributed by atoms with Gasteiger partial charge in [0.05, 0.1) is 0 Å². The Balaban J connectivity index is 2.26. The summed E-state index contributed by atoms with van der Waals surface area (Å²) in [5.74, 6) is -0.416. The highest BCUT2D eigenvalue weighted by atomic mass is 35.5. The van der Waals surface area contributed by atoms with Gasteiger partial charge in [-0.15, -0.1) is 22.9 Å². The summed E-state index contributed by atoms with van der Waals surface area (Å²) < 4.78 is 1.92. The van der Waals surface area contributed by atoms with Crippen molar-refractivity contribution in [3.8, 4) is 0 Å². The van der Waals surface area contributed by atoms with Crippen LogP contribution in [-0.4, -0.2) is 16.4 Å². The quantitative estimate of drug-likeness (QED) is 0.790. The number of amides is 1. The topological polar surface area (TPSA) is 34.4 Å². The highest BCUT2D eigenvalue weighted by molar-refractivity contribution is 7.07. The number of carbonyl (C=O) groups excluding carboxylic acids is 1. The van der Waals surface area contributed by atoms with Gasteiger partial charge in [-0.2, -0.15) is 4.99 Å². The van der Waals surface area contributed by atoms with Crippen LogP contribution in [0.15, 0.2) is 39.3 Å². The molecule has 2 rings (SSSR count). The first-order chi connectivity index (χ1) is 8.70. The minimum absolute atomic E-state index is 0.0932. The van der Waals surface area contributed by atoms with Gasteiger partial charge in [0.2, 0.25) is 0 Å². The fraction of sp³-hybridized carbons (Fsp3) is 0.333. The maximum Gasteiger partial charge on any atom is 0.263 e. The molecule has 0 saturated carbocycles. The molecule has 0 aromatic carbocycles. The fourth-order valence-electron chi connectivity index (χ4n) is 1.69. The maximum atomic E-state index is 11.2. The van der Waals surface area contributed by atoms with E-state index in [2.05, 4.69) is 11.1 Å². The molecule has 1 aliphatic rings. The number of halogens is 2. The number of allylic oxidation sites excluding steroid dienone is 4. The van der Waals surface area contributed by atoms with E-state index in [1.165, 1.54) is 11.3 Å². The number of aromatic nitrogens is 1. The first kappa shape index (κ1) is 13.6. The summed E-state index contributed by atoms with van der Waals surface area (Å²) in [6.07, 6.45) is 7.84. The van der Waals surface area contributed by atoms with Crippen LogP contribution >= 0.6 is 34.5 Å². The van der Waals surface area contributed by atoms with Crippen molar-refractivity contribution in [1.29, 1.82) is 0 Å². The van der Waals surface area contributed by atoms with Gasteiger partial charge in [-0.05, 0) is 24.5 Å². The fourth-order valence-corrected chi connectivity index (χ4v) is 2.73. The van der Waals surface area contributed by atoms with Crippen LogP contribution in [0, 0.1) is 0 Å². The van der Waals surface area contributed by atoms with E-state index in [0.717, 1.165) is 23.4 Å². The van der Waals surface area contributed by atoms with Gasteiger partial charge in [0.1, 0.15) is 5.88 Å². The molecule has 96 valence electrons. The minimum Gasteiger partial charge on any atom is -0.319 e. The molecule has 1 aromatic rings. The molecule has 0 N–H and O–H groups in total. The Morgan fingerprint density at radius 1 is 1.56 bits per heavy atom. The largest absolute Gasteiger partial charge is 0.319 e. The lowest BCUT2D eigenvalue weighted by atomic mass is 10.1. The standard InChI is InChI=1S/C12H12Cl2N2OS/c13-7-11(17)15-12-16(5-6-18-12)8-9-3-1-2-4-10(9)14/h2,4-6H,1,3,7-8H2. The second-order valence-corrected chi connectivity index (χ2v) is 5.39. The average molecular weight is 303 g/mol. The Morgan fingerprint density at radius 3 is 3.11 bits per heavy atom. The molecule has 1 aromatic heterocycles. The highest BCUT2D eigenvalue weighted by Gasteiger charge is 2.08. The first-order valence-corrected chi connectivity index (χ1v) is 7.31. The van der Waals surface area contributed by atoms with Crippen LogP contribution in [0.1, 0.15) is 12.8 Å². The van der Waals surface area contributed by atoms with E-state index in [-0.39, 0.29) is 11.8 Å². The highest BCUT2D eigenvalue weighted by Crippen LogP contribution is 2.22. The van der Waals surface area contributed by atoms with E-state index >= 15 is 0 Å². The van der Waals surface area contributed by atoms with Gasteiger partial charge in [0.25, 0.3) is 5.91 Å². The van der Waals surface area contributed by atoms with Gasteiger partial charge in [-0.3, -0.25) is 4.79 Å². The molecule has 0 aliphatic heterocycles. The summed E-state index contributed by atoms with van der Waals surface area (Å²) in [4.78, 5) is 15.8. The molecular weight excluding hydrogens is 291 g/mol. The molecule has 1 amide bonds. The molecule has 6 heteroatoms. The Hall–Kier alpha value is -0.840. The van der Waals surface area contributed by atoms with Gasteiger partial charge >= 0.3 is 0 Å². The van der Waals surface area contributed by atoms with Crippen molar-refractivity contribution in [2.24, 2.45) is 4.99 Å². The van der Waals surface area contributed by atoms with Crippen LogP contribution in [-0.2, 0) is 11.3 Å². The third-order valence-corrected chi connectivity index (χ3v) is 3.99. The molecule has 0 unspecified atom stereocenters. The van der Waals surface area contributed by atoms with E-state index in [0.29, 0.717) is 11.3 Å². The van der Waals surface area contributed by atoms with Crippen molar-refractivity contribution in [2.75, 3.05) is 5.88 Å². The first-order valence-electron chi connectivity index (χ1n) is 5.52. The zero-order valence-corrected chi connectivity index (χ0v) is 11.9. The summed E-state index contributed by atoms with van der Waals surface area (Å²) in [5, 5.41) is 2.68. The molecule has 0 atom stereocenters. The summed E-state index contributed by atoms with van der Waals surface area (Å²) >= 11 is 13.0. The van der Waals surface area contributed by atoms with Crippen LogP contribution in [0.25, 0.3) is 0 Å². The lowest BCUT2D eigenvalue weighted by Gasteiger charge is -2.12. The summed E-state index contributed by atoms with van der Waals surface area (Å²) in [5.41, 5.74) is 1.16. The van der Waals surface area contributed by atoms with Crippen molar-refractivity contribution in [3.63, 3.8) is 0 Å². The summed E-state index contributed by atoms with van der Waals surface area (Å²) in [7, 11) is 0. The van der Waals surface area contributed by atoms with Crippen LogP contribution in [0.3, 0.4) is 0 Å². The SMILES string of the molecule is O=C(CCl)N=c1sccn1CC1=C(Cl)C=CCC1. The number of thiazole rings is 1. The van der Waals surface area contributed by atoms with Crippen LogP contribution in [0.2, 0.25) is 0 Å². The smallest absolute Gasteiger partial charge is 0.263 e. The van der Waals surface area contributed by atoms with Crippen molar-refractivity contribution in [1.82, 2.24) is 4.57 Å². The third-order valence-electron chi connectivity index (χ3n) is 2.57. The molecular formula is C12H12Cl2N2OS. The summed E-state index contributed by atoms with van der Waals surface area (Å²) in [6.45, 7) is 0.668. The summed E-state index contributed by atoms with van der Waals surface area (Å²) in [6, 6.07) is 0. The molecule has 18 heavy (non-hydrogen) atoms. The minimum atomic E-state index is -0.323. The number of hydrogen-bond acceptors (Lipinski definition) is 2. The van der Waals surface area contributed by atoms with E-state index < -0.39 is 0 Å². The van der Waals surface area contributed by atoms with Crippen LogP contribution in [0.4, 0.5) is 0 Å². The van der Waals surface area contributed by atoms with Crippen LogP contribution < -0.4 is 4.80 Å². The van der Waals surface area contributed by atoms with Crippen molar-refractivity contribution in [2.45, 2.75) is 19.4 Å². The van der Waals surface area contributed by atoms with Gasteiger partial charge in [0, 0.05) is 23.2 Å². The Kier molecular flexibility index (Phi) is 4.80. The van der Waals surface area contributed by atoms with E-state index in [9.17, 15) is 4.79 Å². The third kappa shape index (κ3) is 3.34. The molecule has 0 radical (unpaired) electrons. The van der Waals surface area contributed by atoms with Crippen molar-refractivity contribution < 1.29 is 4.79 Å². The molecule has 1 heterocycles. The number of nitrogens with zero attached hydrogens (tertiary/aromatic N) is 2. The Morgan fingerprint density at radius 2 is 2.39 bits per heavy atom. The number of rotatable bonds is 3. The van der Waals surface area contributed by atoms with Crippen molar-refractivity contribution in [3.05, 3.63) is 39.1 Å². The molecule has 0 spiro atoms. The molecule has 0 fully saturated rings. The lowest BCUT2D eigenvalue weighted by molar-refractivity contribution is -0.115. The van der Waals surface area contributed by atoms with E-state index in [1.54, 1.807) is 0 Å². The second kappa shape index (κ2) is 6.36. The maximum absolute atomic E-state index is 11.2. The van der Waals surface area contributed by atoms with Crippen LogP contribution in [0.5, 0.6) is 0 Å². The number of carbonyl (C=O) groups is 1. The predicted molar refractivity (Wildman–Crippen MR) is 74.9 cm³/mol. The van der Waals surface area contributed by atoms with Gasteiger partial charge in [-0.1, -0.05) is 17.7 Å². The van der Waals surface area contributed by atoms with Crippen molar-refractivity contribution >= 4 is 40.4 Å². The monoisotopic (exact) mass is 302 g/mol. The second-order valence-electron chi connectivity index (χ2n) is 3.85. The average Bonchev–Trinajstić information content (AvgIpc) is 2.79. The van der Waals surface area contributed by atoms with E-state index in [1.807, 2.05) is 22.2 Å². The van der Waals surface area contributed by atoms with Gasteiger partial charge < -0.3 is 4.57 Å². The normalized spacial score (nSPS) is 16.4. The van der Waals surface area contributed by atoms with Gasteiger partial charge in [0.15, 0.2) is 4.80 Å². The molecule has 1 aliphatic carbocycles. The molecule has 0 saturated heterocycles.